The molecule has 12 heteroatoms. The average Bonchev–Trinajstić information content (AvgIpc) is 2.73. The van der Waals surface area contributed by atoms with Crippen LogP contribution in [0.1, 0.15) is 55.3 Å². The van der Waals surface area contributed by atoms with Gasteiger partial charge in [0.05, 0.1) is 17.4 Å². The lowest BCUT2D eigenvalue weighted by Gasteiger charge is -2.21. The summed E-state index contributed by atoms with van der Waals surface area (Å²) in [6, 6.07) is 4.44. The van der Waals surface area contributed by atoms with E-state index in [1.165, 1.54) is 18.3 Å². The van der Waals surface area contributed by atoms with E-state index in [0.29, 0.717) is 18.8 Å². The highest BCUT2D eigenvalue weighted by molar-refractivity contribution is 7.86. The Morgan fingerprint density at radius 2 is 1.79 bits per heavy atom. The van der Waals surface area contributed by atoms with Crippen LogP contribution < -0.4 is 20.6 Å². The Labute approximate surface area is 200 Å². The van der Waals surface area contributed by atoms with Crippen molar-refractivity contribution in [3.63, 3.8) is 0 Å². The maximum Gasteiger partial charge on any atom is 0.306 e. The fraction of sp³-hybridized carbons (Fsp3) is 0.455. The summed E-state index contributed by atoms with van der Waals surface area (Å²) in [6.07, 6.45) is 2.21. The smallest absolute Gasteiger partial charge is 0.306 e. The third kappa shape index (κ3) is 7.04. The van der Waals surface area contributed by atoms with Crippen LogP contribution in [0.15, 0.2) is 24.4 Å². The number of carbonyl (C=O) groups excluding carboxylic acids is 2. The van der Waals surface area contributed by atoms with Gasteiger partial charge >= 0.3 is 10.1 Å². The zero-order valence-corrected chi connectivity index (χ0v) is 21.1. The minimum absolute atomic E-state index is 0.000913. The number of hydrogen-bond donors (Lipinski definition) is 3. The molecule has 34 heavy (non-hydrogen) atoms. The minimum atomic E-state index is -3.90. The summed E-state index contributed by atoms with van der Waals surface area (Å²) >= 11 is 0. The first-order chi connectivity index (χ1) is 15.9. The molecule has 0 unspecified atom stereocenters. The molecule has 0 saturated carbocycles. The summed E-state index contributed by atoms with van der Waals surface area (Å²) in [5.41, 5.74) is 6.08. The largest absolute Gasteiger partial charge is 0.382 e. The number of rotatable bonds is 11. The van der Waals surface area contributed by atoms with Crippen LogP contribution in [0.2, 0.25) is 0 Å². The second kappa shape index (κ2) is 11.1. The molecule has 11 nitrogen and oxygen atoms in total. The van der Waals surface area contributed by atoms with Gasteiger partial charge in [-0.3, -0.25) is 9.59 Å². The quantitative estimate of drug-likeness (QED) is 0.401. The number of amides is 2. The van der Waals surface area contributed by atoms with Crippen LogP contribution in [0.5, 0.6) is 5.75 Å². The highest BCUT2D eigenvalue weighted by atomic mass is 32.2. The molecule has 2 aromatic rings. The number of nitrogens with two attached hydrogens (primary N) is 1. The number of aromatic nitrogens is 2. The van der Waals surface area contributed by atoms with E-state index in [0.717, 1.165) is 6.26 Å². The van der Waals surface area contributed by atoms with E-state index in [4.69, 9.17) is 9.92 Å². The molecule has 186 valence electrons. The highest BCUT2D eigenvalue weighted by Gasteiger charge is 2.21. The Balaban J connectivity index is 2.45. The van der Waals surface area contributed by atoms with Crippen LogP contribution in [0.4, 0.5) is 17.5 Å². The third-order valence-corrected chi connectivity index (χ3v) is 5.66. The molecule has 2 rings (SSSR count). The van der Waals surface area contributed by atoms with Crippen LogP contribution in [-0.2, 0) is 10.1 Å². The summed E-state index contributed by atoms with van der Waals surface area (Å²) in [4.78, 5) is 34.7. The van der Waals surface area contributed by atoms with E-state index in [1.54, 1.807) is 11.0 Å². The molecule has 1 aromatic carbocycles. The highest BCUT2D eigenvalue weighted by Crippen LogP contribution is 2.28. The Bertz CT molecular complexity index is 1150. The van der Waals surface area contributed by atoms with Crippen molar-refractivity contribution < 1.29 is 22.2 Å². The van der Waals surface area contributed by atoms with Crippen molar-refractivity contribution in [3.05, 3.63) is 35.5 Å². The average molecular weight is 493 g/mol. The van der Waals surface area contributed by atoms with Gasteiger partial charge in [-0.2, -0.15) is 13.4 Å². The summed E-state index contributed by atoms with van der Waals surface area (Å²) < 4.78 is 28.7. The number of primary amides is 1. The van der Waals surface area contributed by atoms with E-state index in [-0.39, 0.29) is 46.5 Å². The van der Waals surface area contributed by atoms with Crippen molar-refractivity contribution in [1.82, 2.24) is 14.9 Å². The van der Waals surface area contributed by atoms with E-state index in [1.807, 2.05) is 34.6 Å². The molecular weight excluding hydrogens is 460 g/mol. The Kier molecular flexibility index (Phi) is 8.80. The van der Waals surface area contributed by atoms with Crippen LogP contribution in [0, 0.1) is 5.92 Å². The normalized spacial score (nSPS) is 12.2. The van der Waals surface area contributed by atoms with Gasteiger partial charge in [-0.1, -0.05) is 13.8 Å². The molecule has 0 fully saturated rings. The first kappa shape index (κ1) is 26.8. The van der Waals surface area contributed by atoms with Crippen LogP contribution in [0.3, 0.4) is 0 Å². The third-order valence-electron chi connectivity index (χ3n) is 5.18. The Morgan fingerprint density at radius 3 is 2.32 bits per heavy atom. The van der Waals surface area contributed by atoms with Crippen molar-refractivity contribution in [1.29, 1.82) is 0 Å². The van der Waals surface area contributed by atoms with Crippen LogP contribution in [0.25, 0.3) is 0 Å². The molecule has 0 bridgehead atoms. The van der Waals surface area contributed by atoms with Gasteiger partial charge in [0.15, 0.2) is 5.75 Å². The van der Waals surface area contributed by atoms with Gasteiger partial charge in [-0.15, -0.1) is 0 Å². The van der Waals surface area contributed by atoms with E-state index >= 15 is 0 Å². The lowest BCUT2D eigenvalue weighted by atomic mass is 10.1. The number of carbonyl (C=O) groups is 2. The summed E-state index contributed by atoms with van der Waals surface area (Å²) in [6.45, 7) is 10.6. The molecular formula is C22H32N6O5S. The minimum Gasteiger partial charge on any atom is -0.382 e. The molecule has 0 saturated heterocycles. The van der Waals surface area contributed by atoms with Gasteiger partial charge in [0, 0.05) is 37.1 Å². The van der Waals surface area contributed by atoms with E-state index < -0.39 is 16.0 Å². The fourth-order valence-electron chi connectivity index (χ4n) is 2.93. The molecule has 1 aromatic heterocycles. The zero-order chi connectivity index (χ0) is 25.6. The number of nitrogens with one attached hydrogen (secondary N) is 2. The first-order valence-electron chi connectivity index (χ1n) is 10.9. The molecule has 1 heterocycles. The monoisotopic (exact) mass is 492 g/mol. The van der Waals surface area contributed by atoms with E-state index in [9.17, 15) is 18.0 Å². The van der Waals surface area contributed by atoms with Crippen molar-refractivity contribution in [2.24, 2.45) is 11.7 Å². The molecule has 0 aliphatic carbocycles. The topological polar surface area (TPSA) is 157 Å². The van der Waals surface area contributed by atoms with Crippen LogP contribution in [-0.4, -0.2) is 60.5 Å². The number of benzene rings is 1. The van der Waals surface area contributed by atoms with E-state index in [2.05, 4.69) is 20.6 Å². The molecule has 0 radical (unpaired) electrons. The van der Waals surface area contributed by atoms with Gasteiger partial charge < -0.3 is 25.5 Å². The number of anilines is 3. The predicted molar refractivity (Wildman–Crippen MR) is 131 cm³/mol. The fourth-order valence-corrected chi connectivity index (χ4v) is 3.40. The molecule has 4 N–H and O–H groups in total. The molecule has 1 atom stereocenters. The second-order valence-electron chi connectivity index (χ2n) is 8.10. The van der Waals surface area contributed by atoms with Gasteiger partial charge in [0.25, 0.3) is 11.8 Å². The second-order valence-corrected chi connectivity index (χ2v) is 9.67. The number of hydrogen-bond acceptors (Lipinski definition) is 9. The summed E-state index contributed by atoms with van der Waals surface area (Å²) in [5, 5.41) is 6.11. The van der Waals surface area contributed by atoms with Gasteiger partial charge in [-0.05, 0) is 38.8 Å². The van der Waals surface area contributed by atoms with Crippen molar-refractivity contribution in [2.75, 3.05) is 30.0 Å². The van der Waals surface area contributed by atoms with Crippen molar-refractivity contribution >= 4 is 39.4 Å². The van der Waals surface area contributed by atoms with Gasteiger partial charge in [-0.25, -0.2) is 4.98 Å². The van der Waals surface area contributed by atoms with Crippen molar-refractivity contribution in [2.45, 2.75) is 40.7 Å². The maximum atomic E-state index is 12.8. The van der Waals surface area contributed by atoms with Crippen LogP contribution >= 0.6 is 0 Å². The summed E-state index contributed by atoms with van der Waals surface area (Å²) in [7, 11) is -3.90. The first-order valence-corrected chi connectivity index (χ1v) is 12.7. The van der Waals surface area contributed by atoms with Gasteiger partial charge in [0.2, 0.25) is 5.95 Å². The zero-order valence-electron chi connectivity index (χ0n) is 20.2. The Hall–Kier alpha value is -3.41. The maximum absolute atomic E-state index is 12.8. The SMILES string of the molecule is CCN(CC)C(=O)c1ccc(Nc2ncc(C(N)=O)c(N[C@H](C)C(C)C)n2)cc1OS(C)(=O)=O. The Morgan fingerprint density at radius 1 is 1.15 bits per heavy atom. The lowest BCUT2D eigenvalue weighted by Crippen LogP contribution is -2.31. The molecule has 0 aliphatic rings. The van der Waals surface area contributed by atoms with Gasteiger partial charge in [0.1, 0.15) is 5.82 Å². The predicted octanol–water partition coefficient (Wildman–Crippen LogP) is 2.60. The molecule has 0 spiro atoms. The van der Waals surface area contributed by atoms with Crippen molar-refractivity contribution in [3.8, 4) is 5.75 Å². The standard InChI is InChI=1S/C22H32N6O5S/c1-7-28(8-2)21(30)16-10-9-15(11-18(16)33-34(6,31)32)26-22-24-12-17(19(23)29)20(27-22)25-14(5)13(3)4/h9-14H,7-8H2,1-6H3,(H2,23,29)(H2,24,25,26,27)/t14-/m1/s1. The molecule has 2 amide bonds. The molecule has 0 aliphatic heterocycles. The number of nitrogens with zero attached hydrogens (tertiary/aromatic N) is 3. The summed E-state index contributed by atoms with van der Waals surface area (Å²) in [5.74, 6) is -0.480. The lowest BCUT2D eigenvalue weighted by molar-refractivity contribution is 0.0771.